The molecule has 0 aliphatic rings. The number of rotatable bonds is 10. The van der Waals surface area contributed by atoms with Crippen LogP contribution in [0, 0.1) is 0 Å². The molecule has 0 aromatic rings. The third-order valence-electron chi connectivity index (χ3n) is 2.52. The van der Waals surface area contributed by atoms with Crippen molar-refractivity contribution < 1.29 is 14.3 Å². The van der Waals surface area contributed by atoms with Gasteiger partial charge in [-0.2, -0.15) is 0 Å². The molecule has 5 heteroatoms. The lowest BCUT2D eigenvalue weighted by Crippen LogP contribution is -2.57. The van der Waals surface area contributed by atoms with Gasteiger partial charge in [-0.3, -0.25) is 4.79 Å². The van der Waals surface area contributed by atoms with Gasteiger partial charge in [0.05, 0.1) is 19.3 Å². The van der Waals surface area contributed by atoms with E-state index < -0.39 is 11.4 Å². The van der Waals surface area contributed by atoms with Crippen LogP contribution >= 0.6 is 0 Å². The lowest BCUT2D eigenvalue weighted by Gasteiger charge is -2.28. The molecular weight excluding hydrogens is 220 g/mol. The molecule has 0 bridgehead atoms. The number of hydrogen-bond donors (Lipinski definition) is 2. The van der Waals surface area contributed by atoms with Gasteiger partial charge in [-0.15, -0.1) is 0 Å². The second-order valence-electron chi connectivity index (χ2n) is 4.40. The van der Waals surface area contributed by atoms with E-state index in [0.29, 0.717) is 13.2 Å². The van der Waals surface area contributed by atoms with Crippen LogP contribution in [0.15, 0.2) is 0 Å². The summed E-state index contributed by atoms with van der Waals surface area (Å²) in [4.78, 5) is 11.4. The van der Waals surface area contributed by atoms with Gasteiger partial charge in [0.1, 0.15) is 5.54 Å². The largest absolute Gasteiger partial charge is 0.379 e. The topological polar surface area (TPSA) is 73.6 Å². The summed E-state index contributed by atoms with van der Waals surface area (Å²) in [5.74, 6) is -0.394. The van der Waals surface area contributed by atoms with Crippen LogP contribution in [0.1, 0.15) is 34.1 Å². The molecule has 0 rings (SSSR count). The SMILES string of the molecule is CCCNC(C)(COC(C)COCC)C(N)=O. The van der Waals surface area contributed by atoms with Crippen molar-refractivity contribution in [2.45, 2.75) is 45.8 Å². The number of hydrogen-bond acceptors (Lipinski definition) is 4. The first kappa shape index (κ1) is 16.4. The first-order chi connectivity index (χ1) is 7.96. The van der Waals surface area contributed by atoms with Crippen LogP contribution in [0.4, 0.5) is 0 Å². The maximum absolute atomic E-state index is 11.4. The number of carbonyl (C=O) groups excluding carboxylic acids is 1. The Balaban J connectivity index is 4.12. The van der Waals surface area contributed by atoms with Gasteiger partial charge in [0.15, 0.2) is 0 Å². The van der Waals surface area contributed by atoms with Crippen molar-refractivity contribution in [2.24, 2.45) is 5.73 Å². The Morgan fingerprint density at radius 1 is 1.47 bits per heavy atom. The zero-order chi connectivity index (χ0) is 13.3. The number of primary amides is 1. The van der Waals surface area contributed by atoms with E-state index >= 15 is 0 Å². The molecule has 0 fully saturated rings. The first-order valence-electron chi connectivity index (χ1n) is 6.20. The van der Waals surface area contributed by atoms with Gasteiger partial charge in [-0.1, -0.05) is 6.92 Å². The Morgan fingerprint density at radius 2 is 2.12 bits per heavy atom. The van der Waals surface area contributed by atoms with Gasteiger partial charge in [-0.05, 0) is 33.7 Å². The molecule has 102 valence electrons. The number of ether oxygens (including phenoxy) is 2. The number of carbonyl (C=O) groups is 1. The third-order valence-corrected chi connectivity index (χ3v) is 2.52. The van der Waals surface area contributed by atoms with E-state index in [-0.39, 0.29) is 12.7 Å². The summed E-state index contributed by atoms with van der Waals surface area (Å²) in [5, 5.41) is 3.12. The van der Waals surface area contributed by atoms with Crippen LogP contribution < -0.4 is 11.1 Å². The fourth-order valence-electron chi connectivity index (χ4n) is 1.25. The van der Waals surface area contributed by atoms with Crippen molar-refractivity contribution in [2.75, 3.05) is 26.4 Å². The minimum absolute atomic E-state index is 0.0444. The quantitative estimate of drug-likeness (QED) is 0.594. The highest BCUT2D eigenvalue weighted by Gasteiger charge is 2.31. The van der Waals surface area contributed by atoms with Crippen LogP contribution in [-0.4, -0.2) is 43.9 Å². The minimum atomic E-state index is -0.809. The summed E-state index contributed by atoms with van der Waals surface area (Å²) in [5.41, 5.74) is 4.58. The van der Waals surface area contributed by atoms with E-state index in [4.69, 9.17) is 15.2 Å². The van der Waals surface area contributed by atoms with Crippen molar-refractivity contribution in [3.63, 3.8) is 0 Å². The molecule has 0 heterocycles. The predicted octanol–water partition coefficient (Wildman–Crippen LogP) is 0.672. The van der Waals surface area contributed by atoms with Crippen LogP contribution in [-0.2, 0) is 14.3 Å². The molecule has 3 N–H and O–H groups in total. The smallest absolute Gasteiger partial charge is 0.239 e. The molecule has 0 radical (unpaired) electrons. The van der Waals surface area contributed by atoms with Crippen LogP contribution in [0.3, 0.4) is 0 Å². The second-order valence-corrected chi connectivity index (χ2v) is 4.40. The standard InChI is InChI=1S/C12H26N2O3/c1-5-7-14-12(4,11(13)15)9-17-10(3)8-16-6-2/h10,14H,5-9H2,1-4H3,(H2,13,15). The number of amides is 1. The van der Waals surface area contributed by atoms with Gasteiger partial charge < -0.3 is 20.5 Å². The van der Waals surface area contributed by atoms with Crippen LogP contribution in [0.2, 0.25) is 0 Å². The molecule has 0 aromatic carbocycles. The van der Waals surface area contributed by atoms with Crippen LogP contribution in [0.5, 0.6) is 0 Å². The summed E-state index contributed by atoms with van der Waals surface area (Å²) in [6.45, 7) is 9.83. The Morgan fingerprint density at radius 3 is 2.59 bits per heavy atom. The normalized spacial score (nSPS) is 16.5. The van der Waals surface area contributed by atoms with Crippen molar-refractivity contribution in [3.05, 3.63) is 0 Å². The zero-order valence-corrected chi connectivity index (χ0v) is 11.4. The Hall–Kier alpha value is -0.650. The lowest BCUT2D eigenvalue weighted by atomic mass is 10.0. The highest BCUT2D eigenvalue weighted by molar-refractivity contribution is 5.84. The summed E-state index contributed by atoms with van der Waals surface area (Å²) in [6.07, 6.45) is 0.897. The average Bonchev–Trinajstić information content (AvgIpc) is 2.30. The molecule has 0 spiro atoms. The van der Waals surface area contributed by atoms with Crippen molar-refractivity contribution in [3.8, 4) is 0 Å². The summed E-state index contributed by atoms with van der Waals surface area (Å²) >= 11 is 0. The summed E-state index contributed by atoms with van der Waals surface area (Å²) in [6, 6.07) is 0. The fourth-order valence-corrected chi connectivity index (χ4v) is 1.25. The molecule has 2 unspecified atom stereocenters. The second kappa shape index (κ2) is 8.44. The Kier molecular flexibility index (Phi) is 8.12. The number of nitrogens with two attached hydrogens (primary N) is 1. The van der Waals surface area contributed by atoms with E-state index in [1.54, 1.807) is 6.92 Å². The van der Waals surface area contributed by atoms with Gasteiger partial charge in [0.25, 0.3) is 0 Å². The molecule has 0 saturated heterocycles. The van der Waals surface area contributed by atoms with E-state index in [1.807, 2.05) is 20.8 Å². The average molecular weight is 246 g/mol. The van der Waals surface area contributed by atoms with Crippen molar-refractivity contribution >= 4 is 5.91 Å². The molecule has 2 atom stereocenters. The van der Waals surface area contributed by atoms with Gasteiger partial charge in [0, 0.05) is 6.61 Å². The van der Waals surface area contributed by atoms with E-state index in [9.17, 15) is 4.79 Å². The molecule has 17 heavy (non-hydrogen) atoms. The Bertz CT molecular complexity index is 224. The molecule has 0 aromatic heterocycles. The summed E-state index contributed by atoms with van der Waals surface area (Å²) in [7, 11) is 0. The molecule has 5 nitrogen and oxygen atoms in total. The maximum atomic E-state index is 11.4. The predicted molar refractivity (Wildman–Crippen MR) is 67.8 cm³/mol. The van der Waals surface area contributed by atoms with E-state index in [2.05, 4.69) is 5.32 Å². The maximum Gasteiger partial charge on any atom is 0.239 e. The van der Waals surface area contributed by atoms with Gasteiger partial charge >= 0.3 is 0 Å². The van der Waals surface area contributed by atoms with E-state index in [1.165, 1.54) is 0 Å². The molecule has 1 amide bonds. The zero-order valence-electron chi connectivity index (χ0n) is 11.4. The monoisotopic (exact) mass is 246 g/mol. The number of nitrogens with one attached hydrogen (secondary N) is 1. The first-order valence-corrected chi connectivity index (χ1v) is 6.20. The third kappa shape index (κ3) is 6.61. The van der Waals surface area contributed by atoms with E-state index in [0.717, 1.165) is 13.0 Å². The molecule has 0 aliphatic carbocycles. The van der Waals surface area contributed by atoms with Crippen molar-refractivity contribution in [1.29, 1.82) is 0 Å². The summed E-state index contributed by atoms with van der Waals surface area (Å²) < 4.78 is 10.8. The fraction of sp³-hybridized carbons (Fsp3) is 0.917. The minimum Gasteiger partial charge on any atom is -0.379 e. The van der Waals surface area contributed by atoms with Crippen LogP contribution in [0.25, 0.3) is 0 Å². The van der Waals surface area contributed by atoms with Gasteiger partial charge in [-0.25, -0.2) is 0 Å². The highest BCUT2D eigenvalue weighted by atomic mass is 16.5. The highest BCUT2D eigenvalue weighted by Crippen LogP contribution is 2.06. The molecule has 0 aliphatic heterocycles. The van der Waals surface area contributed by atoms with Gasteiger partial charge in [0.2, 0.25) is 5.91 Å². The molecule has 0 saturated carbocycles. The Labute approximate surface area is 104 Å². The lowest BCUT2D eigenvalue weighted by molar-refractivity contribution is -0.128. The molecular formula is C12H26N2O3. The van der Waals surface area contributed by atoms with Crippen molar-refractivity contribution in [1.82, 2.24) is 5.32 Å².